The first-order chi connectivity index (χ1) is 12.7. The van der Waals surface area contributed by atoms with Gasteiger partial charge in [-0.25, -0.2) is 0 Å². The average molecular weight is 480 g/mol. The van der Waals surface area contributed by atoms with E-state index in [-0.39, 0.29) is 24.0 Å². The predicted octanol–water partition coefficient (Wildman–Crippen LogP) is 4.02. The zero-order valence-corrected chi connectivity index (χ0v) is 17.8. The van der Waals surface area contributed by atoms with E-state index in [4.69, 9.17) is 11.5 Å². The summed E-state index contributed by atoms with van der Waals surface area (Å²) in [6.07, 6.45) is 4.23. The highest BCUT2D eigenvalue weighted by Crippen LogP contribution is 2.05. The van der Waals surface area contributed by atoms with Gasteiger partial charge in [-0.1, -0.05) is 49.2 Å². The number of benzene rings is 2. The van der Waals surface area contributed by atoms with Crippen LogP contribution in [0.25, 0.3) is 0 Å². The second-order valence-corrected chi connectivity index (χ2v) is 5.93. The molecule has 146 valence electrons. The average Bonchev–Trinajstić information content (AvgIpc) is 2.65. The van der Waals surface area contributed by atoms with Crippen LogP contribution in [0.4, 0.5) is 11.4 Å². The fourth-order valence-corrected chi connectivity index (χ4v) is 2.39. The fraction of sp³-hybridized carbons (Fsp3) is 0.300. The highest BCUT2D eigenvalue weighted by molar-refractivity contribution is 14.0. The summed E-state index contributed by atoms with van der Waals surface area (Å²) in [5.41, 5.74) is 13.6. The standard InChI is InChI=1S/C20H28N6.HI/c21-19(25-17-11-5-3-6-12-17)23-15-9-1-2-10-16-24-20(22)26-18-13-7-4-8-14-18;/h3-8,11-14H,1-2,9-10,15-16H2,(H3,21,23,25)(H3,22,24,26);1H. The van der Waals surface area contributed by atoms with E-state index in [0.717, 1.165) is 50.1 Å². The summed E-state index contributed by atoms with van der Waals surface area (Å²) >= 11 is 0. The Morgan fingerprint density at radius 3 is 1.37 bits per heavy atom. The van der Waals surface area contributed by atoms with Crippen LogP contribution in [-0.4, -0.2) is 25.0 Å². The summed E-state index contributed by atoms with van der Waals surface area (Å²) in [6.45, 7) is 1.46. The second kappa shape index (κ2) is 13.9. The summed E-state index contributed by atoms with van der Waals surface area (Å²) < 4.78 is 0. The van der Waals surface area contributed by atoms with E-state index in [1.165, 1.54) is 0 Å². The molecule has 0 spiro atoms. The van der Waals surface area contributed by atoms with E-state index in [1.54, 1.807) is 0 Å². The molecule has 0 aliphatic rings. The smallest absolute Gasteiger partial charge is 0.193 e. The maximum atomic E-state index is 5.87. The minimum absolute atomic E-state index is 0. The van der Waals surface area contributed by atoms with E-state index in [0.29, 0.717) is 11.9 Å². The van der Waals surface area contributed by atoms with Crippen molar-refractivity contribution in [3.05, 3.63) is 60.7 Å². The number of aliphatic imine (C=N–C) groups is 2. The lowest BCUT2D eigenvalue weighted by atomic mass is 10.2. The van der Waals surface area contributed by atoms with Crippen LogP contribution in [0.3, 0.4) is 0 Å². The Morgan fingerprint density at radius 1 is 0.630 bits per heavy atom. The van der Waals surface area contributed by atoms with Gasteiger partial charge in [0.15, 0.2) is 11.9 Å². The maximum Gasteiger partial charge on any atom is 0.193 e. The normalized spacial score (nSPS) is 11.6. The SMILES string of the molecule is I.NC(=NCCCCCCN=C(N)Nc1ccccc1)Nc1ccccc1. The van der Waals surface area contributed by atoms with Gasteiger partial charge in [0.25, 0.3) is 0 Å². The number of hydrogen-bond acceptors (Lipinski definition) is 2. The summed E-state index contributed by atoms with van der Waals surface area (Å²) in [5.74, 6) is 0.918. The molecule has 2 rings (SSSR count). The number of nitrogens with zero attached hydrogens (tertiary/aromatic N) is 2. The van der Waals surface area contributed by atoms with Crippen molar-refractivity contribution in [1.82, 2.24) is 0 Å². The van der Waals surface area contributed by atoms with Crippen molar-refractivity contribution in [2.45, 2.75) is 25.7 Å². The zero-order chi connectivity index (χ0) is 18.5. The molecule has 2 aromatic carbocycles. The molecular weight excluding hydrogens is 451 g/mol. The molecule has 0 aliphatic carbocycles. The summed E-state index contributed by atoms with van der Waals surface area (Å²) in [4.78, 5) is 8.68. The Bertz CT molecular complexity index is 627. The Labute approximate surface area is 178 Å². The third kappa shape index (κ3) is 10.4. The number of anilines is 2. The highest BCUT2D eigenvalue weighted by atomic mass is 127. The fourth-order valence-electron chi connectivity index (χ4n) is 2.39. The number of guanidine groups is 2. The zero-order valence-electron chi connectivity index (χ0n) is 15.5. The lowest BCUT2D eigenvalue weighted by Gasteiger charge is -2.05. The van der Waals surface area contributed by atoms with E-state index in [2.05, 4.69) is 20.6 Å². The number of unbranched alkanes of at least 4 members (excludes halogenated alkanes) is 3. The highest BCUT2D eigenvalue weighted by Gasteiger charge is 1.95. The second-order valence-electron chi connectivity index (χ2n) is 5.93. The van der Waals surface area contributed by atoms with Crippen molar-refractivity contribution in [2.75, 3.05) is 23.7 Å². The molecule has 0 aromatic heterocycles. The van der Waals surface area contributed by atoms with Crippen LogP contribution >= 0.6 is 24.0 Å². The molecule has 27 heavy (non-hydrogen) atoms. The van der Waals surface area contributed by atoms with Crippen molar-refractivity contribution in [2.24, 2.45) is 21.5 Å². The van der Waals surface area contributed by atoms with E-state index >= 15 is 0 Å². The Hall–Kier alpha value is -2.29. The molecular formula is C20H29IN6. The van der Waals surface area contributed by atoms with Crippen molar-refractivity contribution < 1.29 is 0 Å². The molecule has 7 heteroatoms. The molecule has 0 amide bonds. The molecule has 0 heterocycles. The molecule has 0 bridgehead atoms. The van der Waals surface area contributed by atoms with Gasteiger partial charge in [0, 0.05) is 24.5 Å². The summed E-state index contributed by atoms with van der Waals surface area (Å²) in [6, 6.07) is 19.6. The Balaban J connectivity index is 0.00000364. The molecule has 6 nitrogen and oxygen atoms in total. The van der Waals surface area contributed by atoms with Gasteiger partial charge >= 0.3 is 0 Å². The molecule has 0 saturated carbocycles. The molecule has 0 unspecified atom stereocenters. The Kier molecular flexibility index (Phi) is 11.7. The first-order valence-corrected chi connectivity index (χ1v) is 8.98. The van der Waals surface area contributed by atoms with Crippen LogP contribution in [0.2, 0.25) is 0 Å². The molecule has 0 saturated heterocycles. The van der Waals surface area contributed by atoms with Crippen LogP contribution in [0.15, 0.2) is 70.6 Å². The third-order valence-electron chi connectivity index (χ3n) is 3.72. The van der Waals surface area contributed by atoms with Crippen molar-refractivity contribution in [3.63, 3.8) is 0 Å². The first-order valence-electron chi connectivity index (χ1n) is 8.98. The lowest BCUT2D eigenvalue weighted by molar-refractivity contribution is 0.654. The van der Waals surface area contributed by atoms with Gasteiger partial charge in [0.2, 0.25) is 0 Å². The number of hydrogen-bond donors (Lipinski definition) is 4. The number of rotatable bonds is 9. The topological polar surface area (TPSA) is 101 Å². The van der Waals surface area contributed by atoms with Crippen LogP contribution in [0.1, 0.15) is 25.7 Å². The van der Waals surface area contributed by atoms with Crippen molar-refractivity contribution in [3.8, 4) is 0 Å². The van der Waals surface area contributed by atoms with Crippen LogP contribution in [0.5, 0.6) is 0 Å². The van der Waals surface area contributed by atoms with Gasteiger partial charge in [-0.15, -0.1) is 24.0 Å². The first kappa shape index (κ1) is 22.8. The van der Waals surface area contributed by atoms with E-state index in [1.807, 2.05) is 60.7 Å². The third-order valence-corrected chi connectivity index (χ3v) is 3.72. The lowest BCUT2D eigenvalue weighted by Crippen LogP contribution is -2.22. The number of para-hydroxylation sites is 2. The molecule has 0 fully saturated rings. The minimum Gasteiger partial charge on any atom is -0.370 e. The van der Waals surface area contributed by atoms with E-state index in [9.17, 15) is 0 Å². The number of nitrogens with two attached hydrogens (primary N) is 2. The maximum absolute atomic E-state index is 5.87. The van der Waals surface area contributed by atoms with Gasteiger partial charge < -0.3 is 22.1 Å². The number of halogens is 1. The van der Waals surface area contributed by atoms with Crippen LogP contribution in [0, 0.1) is 0 Å². The monoisotopic (exact) mass is 480 g/mol. The Morgan fingerprint density at radius 2 is 1.00 bits per heavy atom. The van der Waals surface area contributed by atoms with Gasteiger partial charge in [0.1, 0.15) is 0 Å². The summed E-state index contributed by atoms with van der Waals surface area (Å²) in [5, 5.41) is 6.15. The van der Waals surface area contributed by atoms with Crippen molar-refractivity contribution >= 4 is 47.3 Å². The largest absolute Gasteiger partial charge is 0.370 e. The molecule has 0 atom stereocenters. The van der Waals surface area contributed by atoms with Crippen LogP contribution < -0.4 is 22.1 Å². The molecule has 2 aromatic rings. The van der Waals surface area contributed by atoms with Crippen LogP contribution in [-0.2, 0) is 0 Å². The van der Waals surface area contributed by atoms with E-state index < -0.39 is 0 Å². The summed E-state index contributed by atoms with van der Waals surface area (Å²) in [7, 11) is 0. The minimum atomic E-state index is 0. The van der Waals surface area contributed by atoms with Gasteiger partial charge in [-0.2, -0.15) is 0 Å². The van der Waals surface area contributed by atoms with Gasteiger partial charge in [0.05, 0.1) is 0 Å². The van der Waals surface area contributed by atoms with Gasteiger partial charge in [-0.05, 0) is 37.1 Å². The molecule has 0 aliphatic heterocycles. The molecule has 6 N–H and O–H groups in total. The van der Waals surface area contributed by atoms with Gasteiger partial charge in [-0.3, -0.25) is 9.98 Å². The quantitative estimate of drug-likeness (QED) is 0.189. The molecule has 0 radical (unpaired) electrons. The number of nitrogens with one attached hydrogen (secondary N) is 2. The predicted molar refractivity (Wildman–Crippen MR) is 127 cm³/mol. The van der Waals surface area contributed by atoms with Crippen molar-refractivity contribution in [1.29, 1.82) is 0 Å².